The van der Waals surface area contributed by atoms with E-state index < -0.39 is 17.7 Å². The summed E-state index contributed by atoms with van der Waals surface area (Å²) in [6.45, 7) is 3.80. The molecule has 1 saturated heterocycles. The van der Waals surface area contributed by atoms with E-state index in [4.69, 9.17) is 4.74 Å². The molecule has 2 aliphatic rings. The molecule has 0 spiro atoms. The van der Waals surface area contributed by atoms with E-state index in [1.807, 2.05) is 47.8 Å². The van der Waals surface area contributed by atoms with Gasteiger partial charge in [-0.15, -0.1) is 11.3 Å². The molecule has 3 aromatic rings. The molecule has 0 bridgehead atoms. The molecular weight excluding hydrogens is 499 g/mol. The third-order valence-corrected chi connectivity index (χ3v) is 8.07. The van der Waals surface area contributed by atoms with Gasteiger partial charge in [0.05, 0.1) is 17.5 Å². The van der Waals surface area contributed by atoms with Crippen molar-refractivity contribution in [3.05, 3.63) is 82.0 Å². The van der Waals surface area contributed by atoms with Crippen molar-refractivity contribution in [2.24, 2.45) is 5.92 Å². The fourth-order valence-electron chi connectivity index (χ4n) is 5.27. The minimum absolute atomic E-state index is 0.1000. The number of alkyl halides is 3. The Morgan fingerprint density at radius 1 is 1.08 bits per heavy atom. The molecule has 37 heavy (non-hydrogen) atoms. The second kappa shape index (κ2) is 11.1. The van der Waals surface area contributed by atoms with Crippen LogP contribution in [0.2, 0.25) is 0 Å². The normalized spacial score (nSPS) is 19.7. The zero-order chi connectivity index (χ0) is 25.8. The topological polar surface area (TPSA) is 44.8 Å². The molecule has 5 nitrogen and oxygen atoms in total. The van der Waals surface area contributed by atoms with Crippen LogP contribution in [-0.2, 0) is 23.8 Å². The van der Waals surface area contributed by atoms with E-state index in [0.29, 0.717) is 44.8 Å². The largest absolute Gasteiger partial charge is 0.492 e. The molecular formula is C28H30F3N3O2S. The van der Waals surface area contributed by atoms with Crippen LogP contribution in [0.15, 0.2) is 66.0 Å². The number of carbonyl (C=O) groups is 1. The zero-order valence-electron chi connectivity index (χ0n) is 20.4. The molecule has 1 N–H and O–H groups in total. The number of para-hydroxylation sites is 1. The highest BCUT2D eigenvalue weighted by Gasteiger charge is 2.42. The van der Waals surface area contributed by atoms with Crippen molar-refractivity contribution >= 4 is 22.9 Å². The Morgan fingerprint density at radius 2 is 1.92 bits per heavy atom. The SMILES string of the molecule is O=C(NCCc1cccs1)[C@H]1Cc2cc(C(F)(F)F)ccc2N2CCN(CCOc3ccccc3)C[C@H]12. The molecule has 9 heteroatoms. The molecule has 3 heterocycles. The molecule has 1 fully saturated rings. The summed E-state index contributed by atoms with van der Waals surface area (Å²) in [7, 11) is 0. The molecule has 196 valence electrons. The number of amides is 1. The number of nitrogens with zero attached hydrogens (tertiary/aromatic N) is 2. The minimum Gasteiger partial charge on any atom is -0.492 e. The molecule has 2 atom stereocenters. The highest BCUT2D eigenvalue weighted by atomic mass is 32.1. The quantitative estimate of drug-likeness (QED) is 0.453. The number of hydrogen-bond donors (Lipinski definition) is 1. The first kappa shape index (κ1) is 25.6. The summed E-state index contributed by atoms with van der Waals surface area (Å²) in [5.74, 6) is 0.283. The summed E-state index contributed by atoms with van der Waals surface area (Å²) in [6.07, 6.45) is -3.39. The number of fused-ring (bicyclic) bond motifs is 3. The molecule has 1 aromatic heterocycles. The maximum atomic E-state index is 13.4. The average molecular weight is 530 g/mol. The predicted octanol–water partition coefficient (Wildman–Crippen LogP) is 4.87. The molecule has 0 saturated carbocycles. The summed E-state index contributed by atoms with van der Waals surface area (Å²) in [5.41, 5.74) is 0.726. The highest BCUT2D eigenvalue weighted by molar-refractivity contribution is 7.09. The van der Waals surface area contributed by atoms with E-state index in [2.05, 4.69) is 15.1 Å². The first-order chi connectivity index (χ1) is 17.9. The van der Waals surface area contributed by atoms with Crippen LogP contribution < -0.4 is 15.0 Å². The van der Waals surface area contributed by atoms with Crippen LogP contribution in [0.5, 0.6) is 5.75 Å². The zero-order valence-corrected chi connectivity index (χ0v) is 21.2. The Kier molecular flexibility index (Phi) is 7.71. The van der Waals surface area contributed by atoms with Crippen LogP contribution in [0.25, 0.3) is 0 Å². The lowest BCUT2D eigenvalue weighted by Crippen LogP contribution is -2.61. The van der Waals surface area contributed by atoms with E-state index in [-0.39, 0.29) is 11.9 Å². The van der Waals surface area contributed by atoms with Crippen molar-refractivity contribution in [1.82, 2.24) is 10.2 Å². The Hall–Kier alpha value is -3.04. The van der Waals surface area contributed by atoms with Crippen molar-refractivity contribution in [3.8, 4) is 5.75 Å². The number of anilines is 1. The van der Waals surface area contributed by atoms with Gasteiger partial charge < -0.3 is 15.0 Å². The number of halogens is 3. The standard InChI is InChI=1S/C28H30F3N3O2S/c29-28(30,31)21-8-9-25-20(17-21)18-24(27(35)32-11-10-23-7-4-16-37-23)26-19-33(12-13-34(25)26)14-15-36-22-5-2-1-3-6-22/h1-9,16-17,24,26H,10-15,18-19H2,(H,32,35)/t24-,26+/m0/s1. The van der Waals surface area contributed by atoms with Gasteiger partial charge in [-0.1, -0.05) is 24.3 Å². The highest BCUT2D eigenvalue weighted by Crippen LogP contribution is 2.39. The van der Waals surface area contributed by atoms with E-state index in [1.54, 1.807) is 17.4 Å². The van der Waals surface area contributed by atoms with Crippen molar-refractivity contribution in [2.75, 3.05) is 44.2 Å². The third-order valence-electron chi connectivity index (χ3n) is 7.13. The van der Waals surface area contributed by atoms with Crippen LogP contribution in [0, 0.1) is 5.92 Å². The van der Waals surface area contributed by atoms with E-state index in [9.17, 15) is 18.0 Å². The number of rotatable bonds is 8. The fourth-order valence-corrected chi connectivity index (χ4v) is 5.98. The maximum Gasteiger partial charge on any atom is 0.416 e. The first-order valence-electron chi connectivity index (χ1n) is 12.6. The van der Waals surface area contributed by atoms with Crippen LogP contribution in [0.4, 0.5) is 18.9 Å². The summed E-state index contributed by atoms with van der Waals surface area (Å²) in [4.78, 5) is 19.0. The minimum atomic E-state index is -4.41. The monoisotopic (exact) mass is 529 g/mol. The number of hydrogen-bond acceptors (Lipinski definition) is 5. The van der Waals surface area contributed by atoms with Gasteiger partial charge >= 0.3 is 6.18 Å². The second-order valence-corrected chi connectivity index (χ2v) is 10.5. The maximum absolute atomic E-state index is 13.4. The number of thiophene rings is 1. The lowest BCUT2D eigenvalue weighted by molar-refractivity contribution is -0.137. The lowest BCUT2D eigenvalue weighted by atomic mass is 9.82. The van der Waals surface area contributed by atoms with E-state index >= 15 is 0 Å². The molecule has 0 unspecified atom stereocenters. The van der Waals surface area contributed by atoms with Gasteiger partial charge in [-0.3, -0.25) is 9.69 Å². The van der Waals surface area contributed by atoms with Gasteiger partial charge in [0.15, 0.2) is 0 Å². The molecule has 1 amide bonds. The van der Waals surface area contributed by atoms with E-state index in [0.717, 1.165) is 30.5 Å². The van der Waals surface area contributed by atoms with E-state index in [1.165, 1.54) is 10.9 Å². The van der Waals surface area contributed by atoms with Crippen LogP contribution in [0.1, 0.15) is 16.0 Å². The molecule has 0 aliphatic carbocycles. The van der Waals surface area contributed by atoms with Crippen LogP contribution >= 0.6 is 11.3 Å². The number of ether oxygens (including phenoxy) is 1. The second-order valence-electron chi connectivity index (χ2n) is 9.50. The van der Waals surface area contributed by atoms with Crippen LogP contribution in [-0.4, -0.2) is 56.2 Å². The van der Waals surface area contributed by atoms with Crippen molar-refractivity contribution in [1.29, 1.82) is 0 Å². The van der Waals surface area contributed by atoms with Crippen molar-refractivity contribution < 1.29 is 22.7 Å². The molecule has 5 rings (SSSR count). The Labute approximate surface area is 218 Å². The van der Waals surface area contributed by atoms with Gasteiger partial charge in [0, 0.05) is 43.3 Å². The summed E-state index contributed by atoms with van der Waals surface area (Å²) in [6, 6.07) is 17.5. The number of carbonyl (C=O) groups excluding carboxylic acids is 1. The molecule has 2 aliphatic heterocycles. The lowest BCUT2D eigenvalue weighted by Gasteiger charge is -2.49. The summed E-state index contributed by atoms with van der Waals surface area (Å²) >= 11 is 1.64. The Balaban J connectivity index is 1.30. The van der Waals surface area contributed by atoms with Gasteiger partial charge in [-0.05, 0) is 60.2 Å². The number of benzene rings is 2. The van der Waals surface area contributed by atoms with Gasteiger partial charge in [-0.25, -0.2) is 0 Å². The third kappa shape index (κ3) is 6.10. The van der Waals surface area contributed by atoms with Crippen molar-refractivity contribution in [2.45, 2.75) is 25.1 Å². The number of piperazine rings is 1. The van der Waals surface area contributed by atoms with Crippen molar-refractivity contribution in [3.63, 3.8) is 0 Å². The van der Waals surface area contributed by atoms with Crippen LogP contribution in [0.3, 0.4) is 0 Å². The fraction of sp³-hybridized carbons (Fsp3) is 0.393. The summed E-state index contributed by atoms with van der Waals surface area (Å²) in [5, 5.41) is 5.06. The van der Waals surface area contributed by atoms with Gasteiger partial charge in [0.25, 0.3) is 0 Å². The summed E-state index contributed by atoms with van der Waals surface area (Å²) < 4.78 is 46.2. The Morgan fingerprint density at radius 3 is 2.68 bits per heavy atom. The van der Waals surface area contributed by atoms with Gasteiger partial charge in [-0.2, -0.15) is 13.2 Å². The average Bonchev–Trinajstić information content (AvgIpc) is 3.41. The number of nitrogens with one attached hydrogen (secondary N) is 1. The van der Waals surface area contributed by atoms with Gasteiger partial charge in [0.2, 0.25) is 5.91 Å². The first-order valence-corrected chi connectivity index (χ1v) is 13.4. The Bertz CT molecular complexity index is 1190. The smallest absolute Gasteiger partial charge is 0.416 e. The molecule has 0 radical (unpaired) electrons. The predicted molar refractivity (Wildman–Crippen MR) is 139 cm³/mol. The molecule has 2 aromatic carbocycles. The van der Waals surface area contributed by atoms with Gasteiger partial charge in [0.1, 0.15) is 12.4 Å².